The minimum Gasteiger partial charge on any atom is -0.426 e. The van der Waals surface area contributed by atoms with Gasteiger partial charge in [-0.05, 0) is 70.6 Å². The van der Waals surface area contributed by atoms with Crippen LogP contribution in [0.25, 0.3) is 0 Å². The number of carbonyl (C=O) groups is 4. The van der Waals surface area contributed by atoms with Gasteiger partial charge in [0, 0.05) is 30.5 Å². The molecule has 218 valence electrons. The van der Waals surface area contributed by atoms with Crippen molar-refractivity contribution < 1.29 is 23.9 Å². The van der Waals surface area contributed by atoms with Gasteiger partial charge in [-0.25, -0.2) is 4.90 Å². The maximum atomic E-state index is 14.0. The number of esters is 1. The molecule has 3 aliphatic carbocycles. The van der Waals surface area contributed by atoms with Gasteiger partial charge in [0.15, 0.2) is 0 Å². The molecule has 0 N–H and O–H groups in total. The number of amides is 3. The molecule has 9 rings (SSSR count). The van der Waals surface area contributed by atoms with Crippen LogP contribution in [0.3, 0.4) is 0 Å². The van der Waals surface area contributed by atoms with Crippen molar-refractivity contribution in [1.29, 1.82) is 0 Å². The third kappa shape index (κ3) is 3.88. The van der Waals surface area contributed by atoms with Crippen molar-refractivity contribution in [1.82, 2.24) is 0 Å². The average Bonchev–Trinajstić information content (AvgIpc) is 3.58. The number of ether oxygens (including phenoxy) is 1. The first kappa shape index (κ1) is 26.6. The van der Waals surface area contributed by atoms with Crippen LogP contribution in [0.5, 0.6) is 5.75 Å². The van der Waals surface area contributed by atoms with Crippen LogP contribution in [0.4, 0.5) is 11.4 Å². The molecule has 7 nitrogen and oxygen atoms in total. The molecule has 7 heteroatoms. The topological polar surface area (TPSA) is 84.0 Å². The molecule has 3 atom stereocenters. The predicted molar refractivity (Wildman–Crippen MR) is 164 cm³/mol. The van der Waals surface area contributed by atoms with Crippen LogP contribution < -0.4 is 14.5 Å². The molecule has 0 saturated carbocycles. The highest BCUT2D eigenvalue weighted by atomic mass is 16.5. The largest absolute Gasteiger partial charge is 0.426 e. The van der Waals surface area contributed by atoms with Gasteiger partial charge in [-0.1, -0.05) is 67.6 Å². The number of aryl methyl sites for hydroxylation is 1. The molecule has 2 bridgehead atoms. The molecule has 0 radical (unpaired) electrons. The van der Waals surface area contributed by atoms with Crippen molar-refractivity contribution in [3.63, 3.8) is 0 Å². The molecule has 0 spiro atoms. The van der Waals surface area contributed by atoms with E-state index in [1.54, 1.807) is 29.2 Å². The number of nitrogens with zero attached hydrogens (tertiary/aromatic N) is 2. The second kappa shape index (κ2) is 10.0. The first-order valence-electron chi connectivity index (χ1n) is 15.2. The molecule has 2 fully saturated rings. The quantitative estimate of drug-likeness (QED) is 0.174. The number of benzene rings is 4. The lowest BCUT2D eigenvalue weighted by Crippen LogP contribution is -2.41. The second-order valence-electron chi connectivity index (χ2n) is 12.1. The van der Waals surface area contributed by atoms with Crippen LogP contribution in [0.1, 0.15) is 53.0 Å². The van der Waals surface area contributed by atoms with Gasteiger partial charge < -0.3 is 9.64 Å². The van der Waals surface area contributed by atoms with Crippen LogP contribution in [0, 0.1) is 17.8 Å². The predicted octanol–water partition coefficient (Wildman–Crippen LogP) is 5.60. The Hall–Kier alpha value is -5.04. The van der Waals surface area contributed by atoms with Crippen molar-refractivity contribution in [3.8, 4) is 5.75 Å². The first-order chi connectivity index (χ1) is 21.4. The Balaban J connectivity index is 1.01. The van der Waals surface area contributed by atoms with Gasteiger partial charge in [0.1, 0.15) is 5.75 Å². The van der Waals surface area contributed by atoms with Crippen molar-refractivity contribution in [2.24, 2.45) is 17.8 Å². The average molecular weight is 583 g/mol. The van der Waals surface area contributed by atoms with E-state index >= 15 is 0 Å². The molecule has 3 amide bonds. The van der Waals surface area contributed by atoms with Crippen molar-refractivity contribution >= 4 is 35.1 Å². The van der Waals surface area contributed by atoms with Gasteiger partial charge in [-0.15, -0.1) is 0 Å². The fraction of sp³-hybridized carbons (Fsp3) is 0.243. The Morgan fingerprint density at radius 3 is 1.70 bits per heavy atom. The fourth-order valence-corrected chi connectivity index (χ4v) is 7.82. The van der Waals surface area contributed by atoms with E-state index in [1.165, 1.54) is 10.5 Å². The molecule has 2 aliphatic heterocycles. The van der Waals surface area contributed by atoms with Gasteiger partial charge in [-0.2, -0.15) is 0 Å². The van der Waals surface area contributed by atoms with Crippen LogP contribution in [-0.2, 0) is 25.6 Å². The first-order valence-corrected chi connectivity index (χ1v) is 15.2. The summed E-state index contributed by atoms with van der Waals surface area (Å²) in [4.78, 5) is 56.7. The van der Waals surface area contributed by atoms with E-state index in [4.69, 9.17) is 4.74 Å². The lowest BCUT2D eigenvalue weighted by Gasteiger charge is -2.45. The van der Waals surface area contributed by atoms with Gasteiger partial charge >= 0.3 is 5.97 Å². The minimum atomic E-state index is -0.586. The summed E-state index contributed by atoms with van der Waals surface area (Å²) in [7, 11) is 0. The van der Waals surface area contributed by atoms with Gasteiger partial charge in [0.2, 0.25) is 17.7 Å². The normalized spacial score (nSPS) is 24.8. The smallest absolute Gasteiger partial charge is 0.316 e. The molecular weight excluding hydrogens is 552 g/mol. The van der Waals surface area contributed by atoms with E-state index in [-0.39, 0.29) is 42.5 Å². The summed E-state index contributed by atoms with van der Waals surface area (Å²) in [6.07, 6.45) is 0.992. The molecule has 2 heterocycles. The van der Waals surface area contributed by atoms with Crippen LogP contribution in [0.2, 0.25) is 0 Å². The van der Waals surface area contributed by atoms with Crippen molar-refractivity contribution in [2.45, 2.75) is 31.6 Å². The summed E-state index contributed by atoms with van der Waals surface area (Å²) < 4.78 is 5.66. The fourth-order valence-electron chi connectivity index (χ4n) is 7.82. The Bertz CT molecular complexity index is 1730. The number of rotatable bonds is 5. The van der Waals surface area contributed by atoms with E-state index in [2.05, 4.69) is 31.2 Å². The molecule has 0 aromatic heterocycles. The number of hydrogen-bond acceptors (Lipinski definition) is 5. The van der Waals surface area contributed by atoms with Crippen LogP contribution >= 0.6 is 0 Å². The monoisotopic (exact) mass is 582 g/mol. The highest BCUT2D eigenvalue weighted by molar-refractivity contribution is 6.23. The molecule has 0 unspecified atom stereocenters. The summed E-state index contributed by atoms with van der Waals surface area (Å²) in [5.74, 6) is -2.53. The van der Waals surface area contributed by atoms with Gasteiger partial charge in [0.05, 0.1) is 23.4 Å². The third-order valence-electron chi connectivity index (χ3n) is 9.88. The summed E-state index contributed by atoms with van der Waals surface area (Å²) >= 11 is 0. The van der Waals surface area contributed by atoms with E-state index in [0.29, 0.717) is 11.4 Å². The van der Waals surface area contributed by atoms with E-state index in [9.17, 15) is 19.2 Å². The zero-order chi connectivity index (χ0) is 30.1. The summed E-state index contributed by atoms with van der Waals surface area (Å²) in [5, 5.41) is 0. The molecule has 5 aliphatic rings. The van der Waals surface area contributed by atoms with Crippen LogP contribution in [-0.4, -0.2) is 30.2 Å². The summed E-state index contributed by atoms with van der Waals surface area (Å²) in [6, 6.07) is 30.6. The lowest BCUT2D eigenvalue weighted by molar-refractivity contribution is -0.139. The zero-order valence-corrected chi connectivity index (χ0v) is 24.2. The number of hydrogen-bond donors (Lipinski definition) is 0. The summed E-state index contributed by atoms with van der Waals surface area (Å²) in [5.41, 5.74) is 6.92. The molecule has 4 aromatic rings. The maximum absolute atomic E-state index is 14.0. The minimum absolute atomic E-state index is 0.0825. The zero-order valence-electron chi connectivity index (χ0n) is 24.2. The van der Waals surface area contributed by atoms with E-state index in [1.807, 2.05) is 48.5 Å². The standard InChI is InChI=1S/C37H30N2O5/c1-2-21-11-13-23(14-12-21)38-20-22(19-30(38)40)37(43)44-25-17-15-24(16-18-25)39-35(41)33-31-26-7-3-4-8-27(26)32(34(33)36(39)42)29-10-6-5-9-28(29)31/h3-18,22,31-34H,2,19-20H2,1H3/t22-,31?,32?,33-,34+/m1/s1. The van der Waals surface area contributed by atoms with E-state index < -0.39 is 23.7 Å². The number of anilines is 2. The van der Waals surface area contributed by atoms with Crippen LogP contribution in [0.15, 0.2) is 97.1 Å². The Kier molecular flexibility index (Phi) is 6.05. The van der Waals surface area contributed by atoms with Crippen molar-refractivity contribution in [3.05, 3.63) is 125 Å². The van der Waals surface area contributed by atoms with Gasteiger partial charge in [0.25, 0.3) is 0 Å². The SMILES string of the molecule is CCc1ccc(N2C[C@H](C(=O)Oc3ccc(N4C(=O)[C@@H]5C6c7ccccc7C(c7ccccc76)[C@@H]5C4=O)cc3)CC2=O)cc1. The number of carbonyl (C=O) groups excluding carboxylic acids is 4. The third-order valence-corrected chi connectivity index (χ3v) is 9.88. The highest BCUT2D eigenvalue weighted by Gasteiger charge is 2.61. The molecule has 4 aromatic carbocycles. The Morgan fingerprint density at radius 2 is 1.20 bits per heavy atom. The summed E-state index contributed by atoms with van der Waals surface area (Å²) in [6.45, 7) is 2.33. The molecular formula is C37H30N2O5. The second-order valence-corrected chi connectivity index (χ2v) is 12.1. The van der Waals surface area contributed by atoms with Gasteiger partial charge in [-0.3, -0.25) is 19.2 Å². The number of imide groups is 1. The molecule has 2 saturated heterocycles. The Morgan fingerprint density at radius 1 is 0.705 bits per heavy atom. The Labute approximate surface area is 255 Å². The lowest BCUT2D eigenvalue weighted by atomic mass is 9.55. The van der Waals surface area contributed by atoms with E-state index in [0.717, 1.165) is 34.4 Å². The van der Waals surface area contributed by atoms with Crippen molar-refractivity contribution in [2.75, 3.05) is 16.3 Å². The highest BCUT2D eigenvalue weighted by Crippen LogP contribution is 2.61. The maximum Gasteiger partial charge on any atom is 0.316 e. The molecule has 44 heavy (non-hydrogen) atoms.